The van der Waals surface area contributed by atoms with Crippen LogP contribution >= 0.6 is 0 Å². The Bertz CT molecular complexity index is 1060. The average molecular weight is 437 g/mol. The summed E-state index contributed by atoms with van der Waals surface area (Å²) >= 11 is 0. The van der Waals surface area contributed by atoms with Gasteiger partial charge in [0.05, 0.1) is 17.8 Å². The maximum absolute atomic E-state index is 14.7. The molecule has 1 aromatic heterocycles. The second-order valence-corrected chi connectivity index (χ2v) is 9.25. The molecule has 168 valence electrons. The highest BCUT2D eigenvalue weighted by Gasteiger charge is 2.49. The Labute approximate surface area is 187 Å². The number of anilines is 3. The molecule has 2 aromatic rings. The van der Waals surface area contributed by atoms with E-state index >= 15 is 0 Å². The number of amides is 1. The van der Waals surface area contributed by atoms with Crippen LogP contribution in [0, 0.1) is 30.5 Å². The first-order valence-electron chi connectivity index (χ1n) is 11.2. The number of rotatable bonds is 5. The molecule has 7 nitrogen and oxygen atoms in total. The van der Waals surface area contributed by atoms with Crippen molar-refractivity contribution >= 4 is 23.2 Å². The summed E-state index contributed by atoms with van der Waals surface area (Å²) < 4.78 is 14.7. The lowest BCUT2D eigenvalue weighted by atomic mass is 9.80. The number of likely N-dealkylation sites (N-methyl/N-ethyl adjacent to an activating group) is 1. The molecule has 3 N–H and O–H groups in total. The molecule has 1 aliphatic heterocycles. The topological polar surface area (TPSA) is 87.4 Å². The highest BCUT2D eigenvalue weighted by molar-refractivity contribution is 5.79. The van der Waals surface area contributed by atoms with Crippen molar-refractivity contribution in [3.63, 3.8) is 0 Å². The van der Waals surface area contributed by atoms with Crippen LogP contribution in [0.15, 0.2) is 36.5 Å². The largest absolute Gasteiger partial charge is 0.369 e. The fourth-order valence-corrected chi connectivity index (χ4v) is 5.52. The summed E-state index contributed by atoms with van der Waals surface area (Å²) in [5, 5.41) is 3.21. The summed E-state index contributed by atoms with van der Waals surface area (Å²) in [5.41, 5.74) is 9.16. The van der Waals surface area contributed by atoms with Gasteiger partial charge in [-0.1, -0.05) is 12.2 Å². The number of piperazine rings is 1. The van der Waals surface area contributed by atoms with Gasteiger partial charge in [-0.15, -0.1) is 0 Å². The summed E-state index contributed by atoms with van der Waals surface area (Å²) in [4.78, 5) is 25.5. The lowest BCUT2D eigenvalue weighted by Gasteiger charge is -2.35. The van der Waals surface area contributed by atoms with Crippen molar-refractivity contribution < 1.29 is 9.18 Å². The zero-order chi connectivity index (χ0) is 22.4. The van der Waals surface area contributed by atoms with E-state index in [-0.39, 0.29) is 23.4 Å². The Morgan fingerprint density at radius 3 is 2.66 bits per heavy atom. The van der Waals surface area contributed by atoms with Gasteiger partial charge in [0.2, 0.25) is 11.9 Å². The molecule has 2 fully saturated rings. The van der Waals surface area contributed by atoms with Gasteiger partial charge in [-0.05, 0) is 56.0 Å². The van der Waals surface area contributed by atoms with Gasteiger partial charge in [-0.2, -0.15) is 0 Å². The number of aromatic nitrogens is 2. The number of carbonyl (C=O) groups excluding carboxylic acids is 1. The molecule has 1 saturated carbocycles. The predicted molar refractivity (Wildman–Crippen MR) is 122 cm³/mol. The van der Waals surface area contributed by atoms with E-state index in [4.69, 9.17) is 5.73 Å². The summed E-state index contributed by atoms with van der Waals surface area (Å²) in [6, 6.07) is 6.17. The SMILES string of the molecule is Cc1cc(Nc2ncc(F)c(C3C4C=CC(C4)C3C(N)=O)n2)ccc1N1CCN(C)CC1. The van der Waals surface area contributed by atoms with Gasteiger partial charge in [0, 0.05) is 43.5 Å². The molecule has 2 bridgehead atoms. The van der Waals surface area contributed by atoms with Gasteiger partial charge >= 0.3 is 0 Å². The van der Waals surface area contributed by atoms with Crippen molar-refractivity contribution in [1.29, 1.82) is 0 Å². The number of aryl methyl sites for hydroxylation is 1. The zero-order valence-corrected chi connectivity index (χ0v) is 18.5. The van der Waals surface area contributed by atoms with Crippen molar-refractivity contribution in [3.8, 4) is 0 Å². The van der Waals surface area contributed by atoms with Crippen LogP contribution in [0.5, 0.6) is 0 Å². The first kappa shape index (κ1) is 20.9. The van der Waals surface area contributed by atoms with Crippen molar-refractivity contribution in [2.75, 3.05) is 43.4 Å². The van der Waals surface area contributed by atoms with Crippen molar-refractivity contribution in [1.82, 2.24) is 14.9 Å². The van der Waals surface area contributed by atoms with Crippen molar-refractivity contribution in [2.24, 2.45) is 23.5 Å². The van der Waals surface area contributed by atoms with Crippen molar-refractivity contribution in [3.05, 3.63) is 53.6 Å². The first-order chi connectivity index (χ1) is 15.4. The predicted octanol–water partition coefficient (Wildman–Crippen LogP) is 2.81. The van der Waals surface area contributed by atoms with Gasteiger partial charge in [0.1, 0.15) is 0 Å². The van der Waals surface area contributed by atoms with Crippen LogP contribution in [-0.4, -0.2) is 54.0 Å². The van der Waals surface area contributed by atoms with Crippen molar-refractivity contribution in [2.45, 2.75) is 19.3 Å². The molecular weight excluding hydrogens is 407 g/mol. The minimum absolute atomic E-state index is 0.0676. The maximum atomic E-state index is 14.7. The van der Waals surface area contributed by atoms with E-state index in [2.05, 4.69) is 57.3 Å². The molecule has 2 heterocycles. The van der Waals surface area contributed by atoms with E-state index < -0.39 is 17.6 Å². The molecule has 1 amide bonds. The summed E-state index contributed by atoms with van der Waals surface area (Å²) in [6.45, 7) is 6.21. The monoisotopic (exact) mass is 436 g/mol. The third-order valence-electron chi connectivity index (χ3n) is 7.17. The van der Waals surface area contributed by atoms with E-state index in [0.717, 1.165) is 43.9 Å². The normalized spacial score (nSPS) is 27.2. The fourth-order valence-electron chi connectivity index (χ4n) is 5.52. The lowest BCUT2D eigenvalue weighted by molar-refractivity contribution is -0.123. The van der Waals surface area contributed by atoms with Crippen LogP contribution in [0.25, 0.3) is 0 Å². The second-order valence-electron chi connectivity index (χ2n) is 9.25. The van der Waals surface area contributed by atoms with E-state index in [1.807, 2.05) is 12.1 Å². The Hall–Kier alpha value is -3.00. The number of hydrogen-bond donors (Lipinski definition) is 2. The molecule has 0 spiro atoms. The number of carbonyl (C=O) groups is 1. The lowest BCUT2D eigenvalue weighted by Crippen LogP contribution is -2.44. The number of fused-ring (bicyclic) bond motifs is 2. The third-order valence-corrected chi connectivity index (χ3v) is 7.17. The minimum Gasteiger partial charge on any atom is -0.369 e. The van der Waals surface area contributed by atoms with Crippen LogP contribution in [0.1, 0.15) is 23.6 Å². The molecule has 4 atom stereocenters. The summed E-state index contributed by atoms with van der Waals surface area (Å²) in [6.07, 6.45) is 6.09. The first-order valence-corrected chi connectivity index (χ1v) is 11.2. The number of nitrogens with one attached hydrogen (secondary N) is 1. The molecule has 8 heteroatoms. The molecule has 3 aliphatic rings. The van der Waals surface area contributed by atoms with Gasteiger partial charge in [0.25, 0.3) is 0 Å². The Balaban J connectivity index is 1.37. The number of hydrogen-bond acceptors (Lipinski definition) is 6. The highest BCUT2D eigenvalue weighted by atomic mass is 19.1. The van der Waals surface area contributed by atoms with Gasteiger partial charge in [-0.3, -0.25) is 4.79 Å². The Morgan fingerprint density at radius 2 is 1.94 bits per heavy atom. The second kappa shape index (κ2) is 8.16. The molecule has 32 heavy (non-hydrogen) atoms. The number of benzene rings is 1. The Kier molecular flexibility index (Phi) is 5.33. The number of nitrogens with two attached hydrogens (primary N) is 1. The maximum Gasteiger partial charge on any atom is 0.227 e. The highest BCUT2D eigenvalue weighted by Crippen LogP contribution is 2.52. The van der Waals surface area contributed by atoms with E-state index in [1.54, 1.807) is 0 Å². The van der Waals surface area contributed by atoms with Crippen LogP contribution in [0.4, 0.5) is 21.7 Å². The average Bonchev–Trinajstić information content (AvgIpc) is 3.38. The number of allylic oxidation sites excluding steroid dienone is 2. The van der Waals surface area contributed by atoms with Crippen LogP contribution in [0.2, 0.25) is 0 Å². The molecular formula is C24H29FN6O. The van der Waals surface area contributed by atoms with Crippen LogP contribution in [0.3, 0.4) is 0 Å². The third kappa shape index (κ3) is 3.72. The van der Waals surface area contributed by atoms with E-state index in [1.165, 1.54) is 11.9 Å². The molecule has 4 unspecified atom stereocenters. The molecule has 5 rings (SSSR count). The molecule has 0 radical (unpaired) electrons. The standard InChI is InChI=1S/C24H29FN6O/c1-14-11-17(5-6-19(14)31-9-7-30(2)8-10-31)28-24-27-13-18(25)22(29-24)20-15-3-4-16(12-15)21(20)23(26)32/h3-6,11,13,15-16,20-21H,7-10,12H2,1-2H3,(H2,26,32)(H,27,28,29). The summed E-state index contributed by atoms with van der Waals surface area (Å²) in [5.74, 6) is -1.18. The molecule has 2 aliphatic carbocycles. The number of halogens is 1. The van der Waals surface area contributed by atoms with Gasteiger partial charge in [0.15, 0.2) is 5.82 Å². The van der Waals surface area contributed by atoms with Crippen LogP contribution < -0.4 is 16.0 Å². The smallest absolute Gasteiger partial charge is 0.227 e. The van der Waals surface area contributed by atoms with E-state index in [9.17, 15) is 9.18 Å². The Morgan fingerprint density at radius 1 is 1.19 bits per heavy atom. The minimum atomic E-state index is -0.491. The molecule has 1 saturated heterocycles. The quantitative estimate of drug-likeness (QED) is 0.701. The zero-order valence-electron chi connectivity index (χ0n) is 18.5. The fraction of sp³-hybridized carbons (Fsp3) is 0.458. The number of primary amides is 1. The van der Waals surface area contributed by atoms with Gasteiger partial charge < -0.3 is 20.9 Å². The van der Waals surface area contributed by atoms with Crippen LogP contribution in [-0.2, 0) is 4.79 Å². The van der Waals surface area contributed by atoms with E-state index in [0.29, 0.717) is 5.95 Å². The molecule has 1 aromatic carbocycles. The van der Waals surface area contributed by atoms with Gasteiger partial charge in [-0.25, -0.2) is 14.4 Å². The summed E-state index contributed by atoms with van der Waals surface area (Å²) in [7, 11) is 2.15. The number of nitrogens with zero attached hydrogens (tertiary/aromatic N) is 4.